The van der Waals surface area contributed by atoms with E-state index in [0.29, 0.717) is 23.8 Å². The molecule has 6 heteroatoms. The van der Waals surface area contributed by atoms with Crippen molar-refractivity contribution in [3.63, 3.8) is 0 Å². The maximum Gasteiger partial charge on any atom is 0.341 e. The fourth-order valence-corrected chi connectivity index (χ4v) is 3.51. The number of halogens is 1. The van der Waals surface area contributed by atoms with Crippen LogP contribution in [0.5, 0.6) is 11.5 Å². The second-order valence-electron chi connectivity index (χ2n) is 6.96. The molecule has 0 unspecified atom stereocenters. The van der Waals surface area contributed by atoms with Crippen LogP contribution in [0.3, 0.4) is 0 Å². The van der Waals surface area contributed by atoms with E-state index < -0.39 is 5.97 Å². The molecule has 3 aromatic rings. The Morgan fingerprint density at radius 2 is 1.81 bits per heavy atom. The number of carboxylic acid groups (broad SMARTS) is 1. The summed E-state index contributed by atoms with van der Waals surface area (Å²) >= 11 is 6.20. The topological polar surface area (TPSA) is 68.7 Å². The first-order valence-corrected chi connectivity index (χ1v) is 11.1. The van der Waals surface area contributed by atoms with Gasteiger partial charge in [0.1, 0.15) is 11.5 Å². The van der Waals surface area contributed by atoms with Gasteiger partial charge in [-0.15, -0.1) is 0 Å². The van der Waals surface area contributed by atoms with Gasteiger partial charge < -0.3 is 14.6 Å². The smallest absolute Gasteiger partial charge is 0.341 e. The van der Waals surface area contributed by atoms with Crippen molar-refractivity contribution in [2.45, 2.75) is 40.0 Å². The number of pyridine rings is 1. The largest absolute Gasteiger partial charge is 0.493 e. The van der Waals surface area contributed by atoms with Gasteiger partial charge in [0.2, 0.25) is 0 Å². The van der Waals surface area contributed by atoms with Crippen molar-refractivity contribution >= 4 is 17.6 Å². The molecule has 0 radical (unpaired) electrons. The van der Waals surface area contributed by atoms with Crippen LogP contribution in [0.1, 0.15) is 36.2 Å². The van der Waals surface area contributed by atoms with Crippen LogP contribution in [-0.2, 0) is 24.1 Å². The number of aromatic nitrogens is 1. The molecule has 0 saturated carbocycles. The lowest BCUT2D eigenvalue weighted by Crippen LogP contribution is -2.11. The van der Waals surface area contributed by atoms with E-state index in [9.17, 15) is 4.79 Å². The van der Waals surface area contributed by atoms with Gasteiger partial charge in [0.05, 0.1) is 6.61 Å². The third-order valence-corrected chi connectivity index (χ3v) is 4.81. The SMILES string of the molecule is CC.Cc1cc(Cl)cc(CCc2cccc(OCCc3ccccn3)c2)c1OCC(=O)O. The maximum atomic E-state index is 10.9. The lowest BCUT2D eigenvalue weighted by atomic mass is 10.0. The van der Waals surface area contributed by atoms with Gasteiger partial charge in [-0.1, -0.05) is 43.6 Å². The molecule has 5 nitrogen and oxygen atoms in total. The number of aryl methyl sites for hydroxylation is 3. The molecule has 0 aliphatic heterocycles. The monoisotopic (exact) mass is 455 g/mol. The zero-order chi connectivity index (χ0) is 23.3. The summed E-state index contributed by atoms with van der Waals surface area (Å²) < 4.78 is 11.4. The Balaban J connectivity index is 0.00000176. The first kappa shape index (κ1) is 25.2. The number of carboxylic acids is 1. The average molecular weight is 456 g/mol. The molecular formula is C26H30ClNO4. The Morgan fingerprint density at radius 1 is 1.00 bits per heavy atom. The molecule has 1 aromatic heterocycles. The van der Waals surface area contributed by atoms with E-state index in [-0.39, 0.29) is 6.61 Å². The van der Waals surface area contributed by atoms with Crippen molar-refractivity contribution in [1.29, 1.82) is 0 Å². The molecule has 1 heterocycles. The molecule has 0 aliphatic rings. The van der Waals surface area contributed by atoms with E-state index in [1.807, 2.05) is 69.3 Å². The number of rotatable bonds is 10. The quantitative estimate of drug-likeness (QED) is 0.409. The number of benzene rings is 2. The van der Waals surface area contributed by atoms with Gasteiger partial charge in [-0.05, 0) is 72.9 Å². The van der Waals surface area contributed by atoms with Gasteiger partial charge in [-0.2, -0.15) is 0 Å². The van der Waals surface area contributed by atoms with Crippen LogP contribution in [0.25, 0.3) is 0 Å². The van der Waals surface area contributed by atoms with Gasteiger partial charge in [0.15, 0.2) is 6.61 Å². The molecule has 170 valence electrons. The summed E-state index contributed by atoms with van der Waals surface area (Å²) in [5, 5.41) is 9.53. The molecule has 3 rings (SSSR count). The fraction of sp³-hybridized carbons (Fsp3) is 0.308. The maximum absolute atomic E-state index is 10.9. The molecule has 0 atom stereocenters. The van der Waals surface area contributed by atoms with Crippen LogP contribution < -0.4 is 9.47 Å². The van der Waals surface area contributed by atoms with Crippen LogP contribution in [0.2, 0.25) is 5.02 Å². The van der Waals surface area contributed by atoms with Crippen molar-refractivity contribution in [2.24, 2.45) is 0 Å². The molecule has 32 heavy (non-hydrogen) atoms. The molecule has 0 amide bonds. The van der Waals surface area contributed by atoms with Crippen LogP contribution in [0.15, 0.2) is 60.8 Å². The minimum atomic E-state index is -1.01. The normalized spacial score (nSPS) is 10.1. The standard InChI is InChI=1S/C24H24ClNO4.C2H6/c1-17-13-20(25)15-19(24(17)30-16-23(27)28)9-8-18-5-4-7-22(14-18)29-12-10-21-6-2-3-11-26-21;1-2/h2-7,11,13-15H,8-10,12,16H2,1H3,(H,27,28);1-2H3. The van der Waals surface area contributed by atoms with Gasteiger partial charge in [-0.25, -0.2) is 4.79 Å². The number of carbonyl (C=O) groups is 1. The number of nitrogens with zero attached hydrogens (tertiary/aromatic N) is 1. The Morgan fingerprint density at radius 3 is 2.53 bits per heavy atom. The molecule has 0 spiro atoms. The minimum absolute atomic E-state index is 0.380. The van der Waals surface area contributed by atoms with Gasteiger partial charge in [0, 0.05) is 23.3 Å². The Kier molecular flexibility index (Phi) is 10.5. The molecule has 0 bridgehead atoms. The van der Waals surface area contributed by atoms with E-state index in [4.69, 9.17) is 26.2 Å². The number of aliphatic carboxylic acids is 1. The summed E-state index contributed by atoms with van der Waals surface area (Å²) in [5.41, 5.74) is 3.83. The molecule has 0 aliphatic carbocycles. The summed E-state index contributed by atoms with van der Waals surface area (Å²) in [6.07, 6.45) is 3.95. The van der Waals surface area contributed by atoms with Gasteiger partial charge >= 0.3 is 5.97 Å². The third-order valence-electron chi connectivity index (χ3n) is 4.59. The van der Waals surface area contributed by atoms with Crippen LogP contribution in [-0.4, -0.2) is 29.3 Å². The lowest BCUT2D eigenvalue weighted by Gasteiger charge is -2.14. The summed E-state index contributed by atoms with van der Waals surface area (Å²) in [5.74, 6) is 0.392. The summed E-state index contributed by atoms with van der Waals surface area (Å²) in [6, 6.07) is 17.4. The van der Waals surface area contributed by atoms with E-state index in [1.165, 1.54) is 0 Å². The Labute approximate surface area is 195 Å². The third kappa shape index (κ3) is 8.23. The van der Waals surface area contributed by atoms with Crippen LogP contribution >= 0.6 is 11.6 Å². The highest BCUT2D eigenvalue weighted by Crippen LogP contribution is 2.29. The summed E-state index contributed by atoms with van der Waals surface area (Å²) in [7, 11) is 0. The minimum Gasteiger partial charge on any atom is -0.493 e. The molecular weight excluding hydrogens is 426 g/mol. The first-order valence-electron chi connectivity index (χ1n) is 10.8. The predicted molar refractivity (Wildman–Crippen MR) is 128 cm³/mol. The first-order chi connectivity index (χ1) is 15.5. The average Bonchev–Trinajstić information content (AvgIpc) is 2.79. The zero-order valence-corrected chi connectivity index (χ0v) is 19.6. The van der Waals surface area contributed by atoms with Crippen LogP contribution in [0.4, 0.5) is 0 Å². The highest BCUT2D eigenvalue weighted by Gasteiger charge is 2.11. The Bertz CT molecular complexity index is 992. The van der Waals surface area contributed by atoms with E-state index >= 15 is 0 Å². The van der Waals surface area contributed by atoms with Crippen molar-refractivity contribution in [1.82, 2.24) is 4.98 Å². The second-order valence-corrected chi connectivity index (χ2v) is 7.40. The number of hydrogen-bond donors (Lipinski definition) is 1. The summed E-state index contributed by atoms with van der Waals surface area (Å²) in [6.45, 7) is 6.04. The number of ether oxygens (including phenoxy) is 2. The molecule has 1 N–H and O–H groups in total. The van der Waals surface area contributed by atoms with Crippen molar-refractivity contribution in [3.05, 3.63) is 88.2 Å². The molecule has 0 fully saturated rings. The van der Waals surface area contributed by atoms with Gasteiger partial charge in [-0.3, -0.25) is 4.98 Å². The number of hydrogen-bond acceptors (Lipinski definition) is 4. The zero-order valence-electron chi connectivity index (χ0n) is 18.8. The predicted octanol–water partition coefficient (Wildman–Crippen LogP) is 5.94. The highest BCUT2D eigenvalue weighted by molar-refractivity contribution is 6.30. The molecule has 0 saturated heterocycles. The fourth-order valence-electron chi connectivity index (χ4n) is 3.21. The van der Waals surface area contributed by atoms with E-state index in [1.54, 1.807) is 12.3 Å². The summed E-state index contributed by atoms with van der Waals surface area (Å²) in [4.78, 5) is 15.2. The van der Waals surface area contributed by atoms with Crippen molar-refractivity contribution in [3.8, 4) is 11.5 Å². The lowest BCUT2D eigenvalue weighted by molar-refractivity contribution is -0.139. The highest BCUT2D eigenvalue weighted by atomic mass is 35.5. The van der Waals surface area contributed by atoms with Crippen molar-refractivity contribution in [2.75, 3.05) is 13.2 Å². The van der Waals surface area contributed by atoms with Gasteiger partial charge in [0.25, 0.3) is 0 Å². The van der Waals surface area contributed by atoms with Crippen LogP contribution in [0, 0.1) is 6.92 Å². The van der Waals surface area contributed by atoms with Crippen molar-refractivity contribution < 1.29 is 19.4 Å². The van der Waals surface area contributed by atoms with E-state index in [2.05, 4.69) is 4.98 Å². The Hall–Kier alpha value is -3.05. The molecule has 2 aromatic carbocycles. The second kappa shape index (κ2) is 13.4. The van der Waals surface area contributed by atoms with E-state index in [0.717, 1.165) is 41.0 Å².